The minimum absolute atomic E-state index is 0.186. The Hall–Kier alpha value is -1.16. The highest BCUT2D eigenvalue weighted by Crippen LogP contribution is 2.68. The molecule has 0 bridgehead atoms. The maximum atomic E-state index is 11.3. The highest BCUT2D eigenvalue weighted by atomic mass is 16.4. The molecule has 4 aliphatic rings. The number of hydrogen-bond acceptors (Lipinski definition) is 2. The summed E-state index contributed by atoms with van der Waals surface area (Å²) in [5, 5.41) is 13.3. The van der Waals surface area contributed by atoms with Crippen LogP contribution in [0, 0.1) is 34.5 Å². The summed E-state index contributed by atoms with van der Waals surface area (Å²) in [6.45, 7) is 4.89. The number of carboxylic acid groups (broad SMARTS) is 1. The maximum absolute atomic E-state index is 11.3. The third-order valence-corrected chi connectivity index (χ3v) is 9.27. The summed E-state index contributed by atoms with van der Waals surface area (Å²) < 4.78 is 0. The minimum atomic E-state index is -0.744. The molecule has 8 unspecified atom stereocenters. The first-order valence-electron chi connectivity index (χ1n) is 10.5. The Morgan fingerprint density at radius 2 is 1.81 bits per heavy atom. The number of nitrogens with zero attached hydrogens (tertiary/aromatic N) is 3. The van der Waals surface area contributed by atoms with Crippen LogP contribution in [0.1, 0.15) is 71.6 Å². The number of azide groups is 1. The molecule has 1 N–H and O–H groups in total. The lowest BCUT2D eigenvalue weighted by atomic mass is 9.42. The fourth-order valence-corrected chi connectivity index (χ4v) is 7.90. The van der Waals surface area contributed by atoms with Gasteiger partial charge >= 0.3 is 0 Å². The van der Waals surface area contributed by atoms with Crippen molar-refractivity contribution in [1.82, 2.24) is 0 Å². The zero-order valence-corrected chi connectivity index (χ0v) is 16.1. The summed E-state index contributed by atoms with van der Waals surface area (Å²) in [5.74, 6) is 2.42. The molecule has 0 spiro atoms. The molecule has 26 heavy (non-hydrogen) atoms. The Bertz CT molecular complexity index is 637. The van der Waals surface area contributed by atoms with Gasteiger partial charge in [0.2, 0.25) is 5.87 Å². The van der Waals surface area contributed by atoms with E-state index in [1.165, 1.54) is 38.5 Å². The second kappa shape index (κ2) is 6.47. The highest BCUT2D eigenvalue weighted by Gasteiger charge is 2.60. The summed E-state index contributed by atoms with van der Waals surface area (Å²) in [6.07, 6.45) is 10.5. The average molecular weight is 356 g/mol. The third kappa shape index (κ3) is 2.67. The quantitative estimate of drug-likeness (QED) is 0.296. The molecule has 0 aromatic rings. The molecule has 5 nitrogen and oxygen atoms in total. The molecule has 4 fully saturated rings. The third-order valence-electron chi connectivity index (χ3n) is 9.27. The Labute approximate surface area is 157 Å². The summed E-state index contributed by atoms with van der Waals surface area (Å²) >= 11 is 0. The molecule has 141 valence electrons. The molecule has 4 rings (SSSR count). The molecule has 0 aliphatic heterocycles. The van der Waals surface area contributed by atoms with Crippen molar-refractivity contribution in [2.75, 3.05) is 0 Å². The van der Waals surface area contributed by atoms with Crippen molar-refractivity contribution in [1.29, 1.82) is 0 Å². The van der Waals surface area contributed by atoms with E-state index < -0.39 is 5.87 Å². The normalized spacial score (nSPS) is 49.9. The maximum Gasteiger partial charge on any atom is 0.264 e. The largest absolute Gasteiger partial charge is 0.490 e. The second-order valence-electron chi connectivity index (χ2n) is 10.0. The van der Waals surface area contributed by atoms with Crippen molar-refractivity contribution >= 4 is 13.1 Å². The van der Waals surface area contributed by atoms with E-state index in [9.17, 15) is 9.90 Å². The minimum Gasteiger partial charge on any atom is -0.490 e. The fourth-order valence-electron chi connectivity index (χ4n) is 7.90. The van der Waals surface area contributed by atoms with Crippen LogP contribution < -0.4 is 0 Å². The zero-order valence-electron chi connectivity index (χ0n) is 16.1. The first-order valence-corrected chi connectivity index (χ1v) is 10.5. The van der Waals surface area contributed by atoms with Crippen LogP contribution in [-0.4, -0.2) is 24.3 Å². The van der Waals surface area contributed by atoms with E-state index >= 15 is 0 Å². The molecule has 4 saturated carbocycles. The predicted octanol–water partition coefficient (Wildman–Crippen LogP) is 5.88. The second-order valence-corrected chi connectivity index (χ2v) is 10.0. The molecule has 0 aromatic heterocycles. The number of hydrogen-bond donors (Lipinski definition) is 1. The monoisotopic (exact) mass is 356 g/mol. The molecule has 0 heterocycles. The van der Waals surface area contributed by atoms with Crippen molar-refractivity contribution in [2.45, 2.75) is 83.5 Å². The lowest BCUT2D eigenvalue weighted by Gasteiger charge is -2.61. The average Bonchev–Trinajstić information content (AvgIpc) is 2.91. The van der Waals surface area contributed by atoms with Crippen molar-refractivity contribution in [3.8, 4) is 0 Å². The molecule has 1 radical (unpaired) electrons. The van der Waals surface area contributed by atoms with Gasteiger partial charge in [0.15, 0.2) is 0 Å². The summed E-state index contributed by atoms with van der Waals surface area (Å²) in [4.78, 5) is 14.3. The number of rotatable bonds is 3. The van der Waals surface area contributed by atoms with Crippen molar-refractivity contribution in [3.63, 3.8) is 0 Å². The van der Waals surface area contributed by atoms with Gasteiger partial charge in [0, 0.05) is 11.0 Å². The molecule has 6 heteroatoms. The van der Waals surface area contributed by atoms with Gasteiger partial charge in [-0.05, 0) is 85.0 Å². The van der Waals surface area contributed by atoms with Gasteiger partial charge in [-0.25, -0.2) is 0 Å². The smallest absolute Gasteiger partial charge is 0.264 e. The highest BCUT2D eigenvalue weighted by molar-refractivity contribution is 6.72. The standard InChI is InChI=1S/C20H31BN3O2/c1-19-9-7-13(23-24-22)11-12(19)3-4-14-15-5-6-17(21-18(25)26)20(15,2)10-8-16(14)19/h12-17H,3-11H2,1-2H3,(H,25,26). The number of carbonyl (C=O) groups is 1. The van der Waals surface area contributed by atoms with Crippen LogP contribution in [0.25, 0.3) is 10.4 Å². The van der Waals surface area contributed by atoms with E-state index in [0.717, 1.165) is 31.1 Å². The molecule has 8 atom stereocenters. The van der Waals surface area contributed by atoms with Gasteiger partial charge in [-0.15, -0.1) is 0 Å². The molecular weight excluding hydrogens is 325 g/mol. The van der Waals surface area contributed by atoms with E-state index in [1.807, 2.05) is 0 Å². The molecule has 0 aromatic carbocycles. The van der Waals surface area contributed by atoms with Crippen LogP contribution in [0.3, 0.4) is 0 Å². The van der Waals surface area contributed by atoms with E-state index in [1.54, 1.807) is 7.28 Å². The van der Waals surface area contributed by atoms with E-state index in [4.69, 9.17) is 5.53 Å². The van der Waals surface area contributed by atoms with Crippen LogP contribution in [-0.2, 0) is 0 Å². The van der Waals surface area contributed by atoms with Crippen LogP contribution in [0.4, 0.5) is 4.79 Å². The van der Waals surface area contributed by atoms with Crippen molar-refractivity contribution < 1.29 is 9.90 Å². The SMILES string of the molecule is CC12CCC3C(CCC4CC(N=[N+]=[N-])CCC43C)C1CCC2[B]C(=O)O. The fraction of sp³-hybridized carbons (Fsp3) is 0.950. The Morgan fingerprint density at radius 1 is 1.08 bits per heavy atom. The van der Waals surface area contributed by atoms with Gasteiger partial charge in [-0.3, -0.25) is 4.79 Å². The molecular formula is C20H31BN3O2. The van der Waals surface area contributed by atoms with Crippen molar-refractivity contribution in [2.24, 2.45) is 39.6 Å². The van der Waals surface area contributed by atoms with E-state index in [0.29, 0.717) is 17.3 Å². The Balaban J connectivity index is 1.55. The van der Waals surface area contributed by atoms with Gasteiger partial charge in [0.1, 0.15) is 0 Å². The molecule has 4 aliphatic carbocycles. The van der Waals surface area contributed by atoms with Gasteiger partial charge in [0.05, 0.1) is 0 Å². The van der Waals surface area contributed by atoms with Gasteiger partial charge < -0.3 is 5.11 Å². The van der Waals surface area contributed by atoms with Gasteiger partial charge in [0.25, 0.3) is 7.28 Å². The van der Waals surface area contributed by atoms with Crippen LogP contribution in [0.15, 0.2) is 5.11 Å². The Kier molecular flexibility index (Phi) is 4.54. The molecule has 0 amide bonds. The van der Waals surface area contributed by atoms with E-state index in [2.05, 4.69) is 23.9 Å². The van der Waals surface area contributed by atoms with Crippen LogP contribution in [0.5, 0.6) is 0 Å². The molecule has 0 saturated heterocycles. The topological polar surface area (TPSA) is 86.1 Å². The zero-order chi connectivity index (χ0) is 18.5. The van der Waals surface area contributed by atoms with Gasteiger partial charge in [-0.1, -0.05) is 37.6 Å². The first kappa shape index (κ1) is 18.2. The van der Waals surface area contributed by atoms with Crippen LogP contribution >= 0.6 is 0 Å². The first-order chi connectivity index (χ1) is 12.4. The lowest BCUT2D eigenvalue weighted by Crippen LogP contribution is -2.53. The lowest BCUT2D eigenvalue weighted by molar-refractivity contribution is -0.105. The van der Waals surface area contributed by atoms with Gasteiger partial charge in [-0.2, -0.15) is 0 Å². The Morgan fingerprint density at radius 3 is 2.54 bits per heavy atom. The summed E-state index contributed by atoms with van der Waals surface area (Å²) in [6, 6.07) is 0.199. The number of fused-ring (bicyclic) bond motifs is 5. The van der Waals surface area contributed by atoms with Crippen LogP contribution in [0.2, 0.25) is 5.82 Å². The summed E-state index contributed by atoms with van der Waals surface area (Å²) in [5.41, 5.74) is 9.37. The summed E-state index contributed by atoms with van der Waals surface area (Å²) in [7, 11) is 1.60. The predicted molar refractivity (Wildman–Crippen MR) is 102 cm³/mol. The van der Waals surface area contributed by atoms with E-state index in [-0.39, 0.29) is 17.3 Å². The van der Waals surface area contributed by atoms with Crippen molar-refractivity contribution in [3.05, 3.63) is 10.4 Å².